The molecule has 9 heteroatoms. The lowest BCUT2D eigenvalue weighted by Crippen LogP contribution is -2.26. The quantitative estimate of drug-likeness (QED) is 0.221. The molecule has 8 nitrogen and oxygen atoms in total. The van der Waals surface area contributed by atoms with E-state index in [0.29, 0.717) is 53.8 Å². The van der Waals surface area contributed by atoms with Crippen LogP contribution in [0.5, 0.6) is 11.5 Å². The molecule has 178 valence electrons. The maximum Gasteiger partial charge on any atom is 0.409 e. The highest BCUT2D eigenvalue weighted by atomic mass is 32.2. The lowest BCUT2D eigenvalue weighted by Gasteiger charge is -2.17. The van der Waals surface area contributed by atoms with E-state index in [1.54, 1.807) is 47.6 Å². The normalized spacial score (nSPS) is 16.1. The average molecular weight is 474 g/mol. The summed E-state index contributed by atoms with van der Waals surface area (Å²) in [6, 6.07) is 3.47. The molecular weight excluding hydrogens is 442 g/mol. The van der Waals surface area contributed by atoms with Gasteiger partial charge < -0.3 is 19.1 Å². The van der Waals surface area contributed by atoms with E-state index in [1.165, 1.54) is 18.4 Å². The van der Waals surface area contributed by atoms with Crippen molar-refractivity contribution in [1.82, 2.24) is 14.5 Å². The molecule has 0 saturated carbocycles. The van der Waals surface area contributed by atoms with Crippen LogP contribution < -0.4 is 15.0 Å². The van der Waals surface area contributed by atoms with Crippen molar-refractivity contribution in [3.63, 3.8) is 0 Å². The number of benzene rings is 1. The van der Waals surface area contributed by atoms with Gasteiger partial charge in [-0.2, -0.15) is 0 Å². The van der Waals surface area contributed by atoms with Crippen molar-refractivity contribution < 1.29 is 19.0 Å². The molecule has 0 spiro atoms. The van der Waals surface area contributed by atoms with Crippen LogP contribution in [0, 0.1) is 0 Å². The fraction of sp³-hybridized carbons (Fsp3) is 0.542. The average Bonchev–Trinajstić information content (AvgIpc) is 3.25. The second kappa shape index (κ2) is 11.0. The lowest BCUT2D eigenvalue weighted by atomic mass is 9.97. The Morgan fingerprint density at radius 1 is 1.12 bits per heavy atom. The van der Waals surface area contributed by atoms with Gasteiger partial charge in [0.25, 0.3) is 5.56 Å². The summed E-state index contributed by atoms with van der Waals surface area (Å²) in [6.45, 7) is 2.34. The number of rotatable bonds is 10. The number of fused-ring (bicyclic) bond motifs is 1. The van der Waals surface area contributed by atoms with Crippen molar-refractivity contribution >= 4 is 28.8 Å². The number of hydrogen-bond acceptors (Lipinski definition) is 7. The molecule has 2 heterocycles. The number of cyclic esters (lactones) is 1. The third-order valence-corrected chi connectivity index (χ3v) is 7.18. The van der Waals surface area contributed by atoms with E-state index >= 15 is 0 Å². The number of hydrogen-bond donors (Lipinski definition) is 0. The van der Waals surface area contributed by atoms with Gasteiger partial charge in [-0.15, -0.1) is 0 Å². The standard InChI is InChI=1S/C24H31N3O5S/c1-30-20-15-18-19(16-21(20)31-2)25-23(33-14-6-10-26-12-13-32-24(26)29)27(22(18)28)11-9-17-7-4-3-5-8-17/h7,15-16H,3-6,8-14H2,1-2H3. The Labute approximate surface area is 197 Å². The smallest absolute Gasteiger partial charge is 0.409 e. The molecule has 0 unspecified atom stereocenters. The van der Waals surface area contributed by atoms with Gasteiger partial charge in [-0.05, 0) is 44.6 Å². The van der Waals surface area contributed by atoms with Gasteiger partial charge >= 0.3 is 6.09 Å². The number of ether oxygens (including phenoxy) is 3. The van der Waals surface area contributed by atoms with Crippen LogP contribution in [0.1, 0.15) is 38.5 Å². The van der Waals surface area contributed by atoms with E-state index in [1.807, 2.05) is 0 Å². The Kier molecular flexibility index (Phi) is 7.80. The Morgan fingerprint density at radius 2 is 1.94 bits per heavy atom. The van der Waals surface area contributed by atoms with Gasteiger partial charge in [0, 0.05) is 24.9 Å². The van der Waals surface area contributed by atoms with Gasteiger partial charge in [-0.25, -0.2) is 9.78 Å². The summed E-state index contributed by atoms with van der Waals surface area (Å²) in [5.74, 6) is 1.81. The number of thioether (sulfide) groups is 1. The first-order valence-corrected chi connectivity index (χ1v) is 12.5. The van der Waals surface area contributed by atoms with E-state index in [2.05, 4.69) is 6.08 Å². The molecule has 4 rings (SSSR count). The minimum Gasteiger partial charge on any atom is -0.493 e. The molecule has 2 aromatic rings. The highest BCUT2D eigenvalue weighted by Crippen LogP contribution is 2.31. The van der Waals surface area contributed by atoms with Crippen LogP contribution in [0.25, 0.3) is 10.9 Å². The van der Waals surface area contributed by atoms with E-state index in [-0.39, 0.29) is 11.7 Å². The van der Waals surface area contributed by atoms with Crippen LogP contribution in [0.3, 0.4) is 0 Å². The third-order valence-electron chi connectivity index (χ3n) is 6.11. The second-order valence-electron chi connectivity index (χ2n) is 8.24. The summed E-state index contributed by atoms with van der Waals surface area (Å²) in [6.07, 6.45) is 8.41. The Hall–Kier alpha value is -2.68. The van der Waals surface area contributed by atoms with Crippen molar-refractivity contribution in [2.75, 3.05) is 39.7 Å². The highest BCUT2D eigenvalue weighted by Gasteiger charge is 2.21. The Bertz CT molecular complexity index is 1100. The van der Waals surface area contributed by atoms with E-state index < -0.39 is 0 Å². The van der Waals surface area contributed by atoms with Crippen molar-refractivity contribution in [2.24, 2.45) is 0 Å². The maximum absolute atomic E-state index is 13.5. The summed E-state index contributed by atoms with van der Waals surface area (Å²) in [4.78, 5) is 31.7. The van der Waals surface area contributed by atoms with Crippen LogP contribution in [0.2, 0.25) is 0 Å². The summed E-state index contributed by atoms with van der Waals surface area (Å²) < 4.78 is 17.6. The number of nitrogens with zero attached hydrogens (tertiary/aromatic N) is 3. The molecule has 1 aliphatic carbocycles. The number of carbonyl (C=O) groups excluding carboxylic acids is 1. The molecule has 0 atom stereocenters. The van der Waals surface area contributed by atoms with Gasteiger partial charge in [-0.1, -0.05) is 23.4 Å². The fourth-order valence-corrected chi connectivity index (χ4v) is 5.22. The zero-order valence-corrected chi connectivity index (χ0v) is 20.1. The molecule has 33 heavy (non-hydrogen) atoms. The van der Waals surface area contributed by atoms with Crippen molar-refractivity contribution in [1.29, 1.82) is 0 Å². The van der Waals surface area contributed by atoms with Crippen molar-refractivity contribution in [3.8, 4) is 11.5 Å². The summed E-state index contributed by atoms with van der Waals surface area (Å²) >= 11 is 1.55. The minimum atomic E-state index is -0.248. The van der Waals surface area contributed by atoms with E-state index in [0.717, 1.165) is 31.4 Å². The maximum atomic E-state index is 13.5. The second-order valence-corrected chi connectivity index (χ2v) is 9.30. The number of carbonyl (C=O) groups is 1. The minimum absolute atomic E-state index is 0.0667. The number of allylic oxidation sites excluding steroid dienone is 2. The first-order chi connectivity index (χ1) is 16.1. The van der Waals surface area contributed by atoms with Crippen LogP contribution >= 0.6 is 11.8 Å². The van der Waals surface area contributed by atoms with Crippen LogP contribution in [0.15, 0.2) is 33.7 Å². The molecule has 1 fully saturated rings. The van der Waals surface area contributed by atoms with Gasteiger partial charge in [0.1, 0.15) is 6.61 Å². The largest absolute Gasteiger partial charge is 0.493 e. The zero-order chi connectivity index (χ0) is 23.2. The number of aromatic nitrogens is 2. The van der Waals surface area contributed by atoms with Gasteiger partial charge in [0.15, 0.2) is 16.7 Å². The van der Waals surface area contributed by atoms with Crippen LogP contribution in [-0.4, -0.2) is 60.2 Å². The summed E-state index contributed by atoms with van der Waals surface area (Å²) in [7, 11) is 3.13. The molecule has 0 radical (unpaired) electrons. The molecule has 1 aromatic heterocycles. The van der Waals surface area contributed by atoms with Crippen molar-refractivity contribution in [3.05, 3.63) is 34.1 Å². The molecule has 2 aliphatic rings. The molecule has 1 saturated heterocycles. The van der Waals surface area contributed by atoms with Gasteiger partial charge in [0.05, 0.1) is 31.7 Å². The molecule has 1 amide bonds. The monoisotopic (exact) mass is 473 g/mol. The molecule has 1 aromatic carbocycles. The Morgan fingerprint density at radius 3 is 2.64 bits per heavy atom. The molecule has 0 bridgehead atoms. The predicted octanol–water partition coefficient (Wildman–Crippen LogP) is 4.24. The SMILES string of the molecule is COc1cc2nc(SCCCN3CCOC3=O)n(CCC3=CCCCC3)c(=O)c2cc1OC. The topological polar surface area (TPSA) is 82.9 Å². The third kappa shape index (κ3) is 5.46. The molecule has 0 N–H and O–H groups in total. The Balaban J connectivity index is 1.58. The first kappa shape index (κ1) is 23.5. The lowest BCUT2D eigenvalue weighted by molar-refractivity contribution is 0.158. The van der Waals surface area contributed by atoms with Gasteiger partial charge in [0.2, 0.25) is 0 Å². The number of methoxy groups -OCH3 is 2. The van der Waals surface area contributed by atoms with Gasteiger partial charge in [-0.3, -0.25) is 9.36 Å². The van der Waals surface area contributed by atoms with E-state index in [9.17, 15) is 9.59 Å². The van der Waals surface area contributed by atoms with Crippen LogP contribution in [0.4, 0.5) is 4.79 Å². The first-order valence-electron chi connectivity index (χ1n) is 11.5. The summed E-state index contributed by atoms with van der Waals surface area (Å²) in [5, 5.41) is 1.22. The van der Waals surface area contributed by atoms with E-state index in [4.69, 9.17) is 19.2 Å². The molecular formula is C24H31N3O5S. The zero-order valence-electron chi connectivity index (χ0n) is 19.3. The highest BCUT2D eigenvalue weighted by molar-refractivity contribution is 7.99. The summed E-state index contributed by atoms with van der Waals surface area (Å²) in [5.41, 5.74) is 1.95. The number of amides is 1. The fourth-order valence-electron chi connectivity index (χ4n) is 4.27. The van der Waals surface area contributed by atoms with Crippen molar-refractivity contribution in [2.45, 2.75) is 50.2 Å². The van der Waals surface area contributed by atoms with Crippen LogP contribution in [-0.2, 0) is 11.3 Å². The molecule has 1 aliphatic heterocycles. The predicted molar refractivity (Wildman–Crippen MR) is 129 cm³/mol.